The van der Waals surface area contributed by atoms with Gasteiger partial charge in [-0.15, -0.1) is 0 Å². The molecule has 0 radical (unpaired) electrons. The summed E-state index contributed by atoms with van der Waals surface area (Å²) >= 11 is 0. The number of likely N-dealkylation sites (tertiary alicyclic amines) is 1. The second-order valence-electron chi connectivity index (χ2n) is 7.95. The number of hydrogen-bond acceptors (Lipinski definition) is 3. The Morgan fingerprint density at radius 2 is 1.75 bits per heavy atom. The lowest BCUT2D eigenvalue weighted by Crippen LogP contribution is -2.31. The van der Waals surface area contributed by atoms with Crippen LogP contribution in [-0.2, 0) is 17.6 Å². The molecular formula is C24H28N2O2. The van der Waals surface area contributed by atoms with Crippen LogP contribution < -0.4 is 5.32 Å². The van der Waals surface area contributed by atoms with Gasteiger partial charge in [-0.1, -0.05) is 30.3 Å². The fraction of sp³-hybridized carbons (Fsp3) is 0.417. The van der Waals surface area contributed by atoms with Crippen LogP contribution >= 0.6 is 0 Å². The molecule has 2 aromatic rings. The number of carbonyl (C=O) groups is 2. The number of ketones is 1. The number of benzene rings is 2. The Hall–Kier alpha value is -2.62. The van der Waals surface area contributed by atoms with Gasteiger partial charge in [0, 0.05) is 43.2 Å². The molecule has 0 saturated carbocycles. The minimum atomic E-state index is 0.0832. The van der Waals surface area contributed by atoms with Crippen LogP contribution in [0.2, 0.25) is 0 Å². The molecule has 1 atom stereocenters. The number of hydrogen-bond donors (Lipinski definition) is 1. The van der Waals surface area contributed by atoms with E-state index in [1.54, 1.807) is 0 Å². The second kappa shape index (κ2) is 8.59. The first-order chi connectivity index (χ1) is 13.7. The number of anilines is 1. The Balaban J connectivity index is 1.27. The lowest BCUT2D eigenvalue weighted by molar-refractivity contribution is -0.130. The summed E-state index contributed by atoms with van der Waals surface area (Å²) in [5, 5.41) is 3.48. The van der Waals surface area contributed by atoms with E-state index in [2.05, 4.69) is 17.4 Å². The van der Waals surface area contributed by atoms with E-state index in [1.807, 2.05) is 41.3 Å². The number of aryl methyl sites for hydroxylation is 2. The Morgan fingerprint density at radius 1 is 0.964 bits per heavy atom. The molecule has 146 valence electrons. The van der Waals surface area contributed by atoms with Gasteiger partial charge in [-0.3, -0.25) is 9.59 Å². The van der Waals surface area contributed by atoms with Gasteiger partial charge in [0.05, 0.1) is 0 Å². The molecule has 1 amide bonds. The zero-order chi connectivity index (χ0) is 19.3. The summed E-state index contributed by atoms with van der Waals surface area (Å²) in [6.45, 7) is 1.47. The van der Waals surface area contributed by atoms with Crippen LogP contribution in [-0.4, -0.2) is 35.7 Å². The van der Waals surface area contributed by atoms with Crippen molar-refractivity contribution in [3.63, 3.8) is 0 Å². The Morgan fingerprint density at radius 3 is 2.57 bits per heavy atom. The van der Waals surface area contributed by atoms with E-state index in [1.165, 1.54) is 24.0 Å². The van der Waals surface area contributed by atoms with Crippen molar-refractivity contribution in [3.8, 4) is 0 Å². The average molecular weight is 377 g/mol. The molecule has 1 fully saturated rings. The minimum absolute atomic E-state index is 0.0832. The predicted molar refractivity (Wildman–Crippen MR) is 112 cm³/mol. The van der Waals surface area contributed by atoms with Crippen LogP contribution in [0.15, 0.2) is 48.5 Å². The maximum absolute atomic E-state index is 12.6. The first kappa shape index (κ1) is 18.7. The normalized spacial score (nSPS) is 18.6. The van der Waals surface area contributed by atoms with Crippen molar-refractivity contribution in [3.05, 3.63) is 65.2 Å². The third-order valence-electron chi connectivity index (χ3n) is 5.92. The van der Waals surface area contributed by atoms with Crippen molar-refractivity contribution in [1.29, 1.82) is 0 Å². The van der Waals surface area contributed by atoms with E-state index in [0.29, 0.717) is 19.4 Å². The molecule has 1 saturated heterocycles. The van der Waals surface area contributed by atoms with Gasteiger partial charge in [0.2, 0.25) is 5.91 Å². The number of fused-ring (bicyclic) bond motifs is 1. The Kier molecular flexibility index (Phi) is 5.75. The Labute approximate surface area is 166 Å². The van der Waals surface area contributed by atoms with Crippen molar-refractivity contribution >= 4 is 17.4 Å². The van der Waals surface area contributed by atoms with E-state index < -0.39 is 0 Å². The van der Waals surface area contributed by atoms with Gasteiger partial charge in [-0.05, 0) is 61.4 Å². The van der Waals surface area contributed by atoms with Gasteiger partial charge in [0.25, 0.3) is 0 Å². The molecule has 2 aromatic carbocycles. The lowest BCUT2D eigenvalue weighted by Gasteiger charge is -2.18. The standard InChI is InChI=1S/C24H28N2O2/c27-23(20-11-10-18-6-4-5-7-19(18)16-20)12-13-24(28)26-15-14-22(17-26)25-21-8-2-1-3-9-21/h1-3,8-11,16,22,25H,4-7,12-15,17H2. The zero-order valence-corrected chi connectivity index (χ0v) is 16.3. The molecule has 1 heterocycles. The summed E-state index contributed by atoms with van der Waals surface area (Å²) < 4.78 is 0. The number of nitrogens with zero attached hydrogens (tertiary/aromatic N) is 1. The monoisotopic (exact) mass is 376 g/mol. The van der Waals surface area contributed by atoms with Gasteiger partial charge < -0.3 is 10.2 Å². The highest BCUT2D eigenvalue weighted by atomic mass is 16.2. The second-order valence-corrected chi connectivity index (χ2v) is 7.95. The van der Waals surface area contributed by atoms with Crippen molar-refractivity contribution in [2.75, 3.05) is 18.4 Å². The highest BCUT2D eigenvalue weighted by molar-refractivity contribution is 5.98. The van der Waals surface area contributed by atoms with E-state index in [0.717, 1.165) is 37.1 Å². The minimum Gasteiger partial charge on any atom is -0.380 e. The quantitative estimate of drug-likeness (QED) is 0.767. The topological polar surface area (TPSA) is 49.4 Å². The molecule has 1 unspecified atom stereocenters. The molecule has 1 N–H and O–H groups in total. The molecule has 28 heavy (non-hydrogen) atoms. The summed E-state index contributed by atoms with van der Waals surface area (Å²) in [5.41, 5.74) is 4.55. The molecule has 0 spiro atoms. The van der Waals surface area contributed by atoms with Crippen LogP contribution in [0.5, 0.6) is 0 Å². The van der Waals surface area contributed by atoms with E-state index in [4.69, 9.17) is 0 Å². The number of para-hydroxylation sites is 1. The van der Waals surface area contributed by atoms with Gasteiger partial charge in [0.1, 0.15) is 0 Å². The van der Waals surface area contributed by atoms with Crippen molar-refractivity contribution in [1.82, 2.24) is 4.90 Å². The molecule has 4 rings (SSSR count). The van der Waals surface area contributed by atoms with Gasteiger partial charge in [0.15, 0.2) is 5.78 Å². The van der Waals surface area contributed by atoms with Crippen LogP contribution in [0.25, 0.3) is 0 Å². The van der Waals surface area contributed by atoms with E-state index >= 15 is 0 Å². The first-order valence-electron chi connectivity index (χ1n) is 10.4. The fourth-order valence-electron chi connectivity index (χ4n) is 4.30. The molecule has 1 aliphatic heterocycles. The van der Waals surface area contributed by atoms with E-state index in [-0.39, 0.29) is 17.7 Å². The average Bonchev–Trinajstić information content (AvgIpc) is 3.20. The summed E-state index contributed by atoms with van der Waals surface area (Å²) in [5.74, 6) is 0.170. The van der Waals surface area contributed by atoms with E-state index in [9.17, 15) is 9.59 Å². The summed E-state index contributed by atoms with van der Waals surface area (Å²) in [7, 11) is 0. The number of Topliss-reactive ketones (excluding diaryl/α,β-unsaturated/α-hetero) is 1. The first-order valence-corrected chi connectivity index (χ1v) is 10.4. The van der Waals surface area contributed by atoms with Crippen molar-refractivity contribution in [2.45, 2.75) is 51.0 Å². The highest BCUT2D eigenvalue weighted by Crippen LogP contribution is 2.23. The SMILES string of the molecule is O=C(CCC(=O)N1CCC(Nc2ccccc2)C1)c1ccc2c(c1)CCCC2. The zero-order valence-electron chi connectivity index (χ0n) is 16.3. The van der Waals surface area contributed by atoms with Gasteiger partial charge in [-0.2, -0.15) is 0 Å². The fourth-order valence-corrected chi connectivity index (χ4v) is 4.30. The summed E-state index contributed by atoms with van der Waals surface area (Å²) in [6, 6.07) is 16.5. The maximum atomic E-state index is 12.6. The molecule has 4 heteroatoms. The molecule has 0 bridgehead atoms. The number of amides is 1. The van der Waals surface area contributed by atoms with Gasteiger partial charge >= 0.3 is 0 Å². The molecule has 1 aliphatic carbocycles. The number of carbonyl (C=O) groups excluding carboxylic acids is 2. The molecular weight excluding hydrogens is 348 g/mol. The Bertz CT molecular complexity index is 847. The third-order valence-corrected chi connectivity index (χ3v) is 5.92. The van der Waals surface area contributed by atoms with Crippen LogP contribution in [0, 0.1) is 0 Å². The summed E-state index contributed by atoms with van der Waals surface area (Å²) in [4.78, 5) is 27.0. The molecule has 2 aliphatic rings. The van der Waals surface area contributed by atoms with Gasteiger partial charge in [-0.25, -0.2) is 0 Å². The smallest absolute Gasteiger partial charge is 0.223 e. The van der Waals surface area contributed by atoms with Crippen LogP contribution in [0.3, 0.4) is 0 Å². The number of rotatable bonds is 6. The maximum Gasteiger partial charge on any atom is 0.223 e. The predicted octanol–water partition coefficient (Wildman–Crippen LogP) is 4.24. The summed E-state index contributed by atoms with van der Waals surface area (Å²) in [6.07, 6.45) is 6.17. The largest absolute Gasteiger partial charge is 0.380 e. The van der Waals surface area contributed by atoms with Crippen LogP contribution in [0.4, 0.5) is 5.69 Å². The third kappa shape index (κ3) is 4.44. The highest BCUT2D eigenvalue weighted by Gasteiger charge is 2.26. The number of nitrogens with one attached hydrogen (secondary N) is 1. The van der Waals surface area contributed by atoms with Crippen molar-refractivity contribution in [2.24, 2.45) is 0 Å². The molecule has 0 aromatic heterocycles. The molecule has 4 nitrogen and oxygen atoms in total. The lowest BCUT2D eigenvalue weighted by atomic mass is 9.89. The van der Waals surface area contributed by atoms with Crippen molar-refractivity contribution < 1.29 is 9.59 Å². The van der Waals surface area contributed by atoms with Crippen LogP contribution in [0.1, 0.15) is 53.6 Å².